The molecule has 10 heavy (non-hydrogen) atoms. The summed E-state index contributed by atoms with van der Waals surface area (Å²) in [5.41, 5.74) is 0. The summed E-state index contributed by atoms with van der Waals surface area (Å²) in [6, 6.07) is -0.295. The number of rotatable bonds is 2. The van der Waals surface area contributed by atoms with Crippen LogP contribution in [0.4, 0.5) is 0 Å². The van der Waals surface area contributed by atoms with Crippen LogP contribution in [-0.4, -0.2) is 35.1 Å². The van der Waals surface area contributed by atoms with Gasteiger partial charge in [0.05, 0.1) is 0 Å². The Balaban J connectivity index is 2.31. The molecule has 3 nitrogen and oxygen atoms in total. The number of carboxylic acids is 1. The first-order valence-electron chi connectivity index (χ1n) is 3.58. The van der Waals surface area contributed by atoms with Crippen molar-refractivity contribution in [3.05, 3.63) is 0 Å². The summed E-state index contributed by atoms with van der Waals surface area (Å²) in [6.07, 6.45) is 0. The third-order valence-electron chi connectivity index (χ3n) is 2.00. The van der Waals surface area contributed by atoms with Gasteiger partial charge in [0.25, 0.3) is 0 Å². The van der Waals surface area contributed by atoms with E-state index in [1.807, 2.05) is 4.90 Å². The minimum absolute atomic E-state index is 0.295. The summed E-state index contributed by atoms with van der Waals surface area (Å²) >= 11 is 0. The average Bonchev–Trinajstić information content (AvgIpc) is 1.79. The van der Waals surface area contributed by atoms with Crippen LogP contribution in [0.15, 0.2) is 0 Å². The van der Waals surface area contributed by atoms with Crippen LogP contribution in [0, 0.1) is 5.92 Å². The molecule has 1 atom stereocenters. The fourth-order valence-corrected chi connectivity index (χ4v) is 1.22. The van der Waals surface area contributed by atoms with Crippen molar-refractivity contribution in [3.63, 3.8) is 0 Å². The van der Waals surface area contributed by atoms with E-state index in [2.05, 4.69) is 6.92 Å². The predicted octanol–water partition coefficient (Wildman–Crippen LogP) is 0.411. The molecule has 0 aromatic carbocycles. The molecule has 0 saturated carbocycles. The SMILES string of the molecule is CC1CN([C@@H](C)C(=O)O)C1. The standard InChI is InChI=1S/C7H13NO2/c1-5-3-8(4-5)6(2)7(9)10/h5-6H,3-4H2,1-2H3,(H,9,10)/t6-/m0/s1. The molecular weight excluding hydrogens is 130 g/mol. The second-order valence-electron chi connectivity index (χ2n) is 3.07. The van der Waals surface area contributed by atoms with Crippen LogP contribution in [0.5, 0.6) is 0 Å². The molecule has 0 spiro atoms. The molecule has 1 N–H and O–H groups in total. The molecule has 0 aliphatic carbocycles. The Morgan fingerprint density at radius 1 is 1.70 bits per heavy atom. The monoisotopic (exact) mass is 143 g/mol. The van der Waals surface area contributed by atoms with Gasteiger partial charge in [-0.25, -0.2) is 0 Å². The number of aliphatic carboxylic acids is 1. The van der Waals surface area contributed by atoms with Gasteiger partial charge in [0.2, 0.25) is 0 Å². The summed E-state index contributed by atoms with van der Waals surface area (Å²) in [6.45, 7) is 5.74. The highest BCUT2D eigenvalue weighted by Gasteiger charge is 2.30. The van der Waals surface area contributed by atoms with Crippen LogP contribution in [0.3, 0.4) is 0 Å². The largest absolute Gasteiger partial charge is 0.480 e. The third-order valence-corrected chi connectivity index (χ3v) is 2.00. The average molecular weight is 143 g/mol. The zero-order chi connectivity index (χ0) is 7.72. The molecule has 1 fully saturated rings. The van der Waals surface area contributed by atoms with Crippen molar-refractivity contribution in [2.45, 2.75) is 19.9 Å². The van der Waals surface area contributed by atoms with Crippen molar-refractivity contribution < 1.29 is 9.90 Å². The van der Waals surface area contributed by atoms with Crippen molar-refractivity contribution >= 4 is 5.97 Å². The highest BCUT2D eigenvalue weighted by molar-refractivity contribution is 5.73. The lowest BCUT2D eigenvalue weighted by Gasteiger charge is -2.39. The minimum atomic E-state index is -0.716. The lowest BCUT2D eigenvalue weighted by molar-refractivity contribution is -0.145. The highest BCUT2D eigenvalue weighted by atomic mass is 16.4. The van der Waals surface area contributed by atoms with E-state index in [-0.39, 0.29) is 6.04 Å². The Labute approximate surface area is 60.6 Å². The van der Waals surface area contributed by atoms with E-state index < -0.39 is 5.97 Å². The molecule has 0 unspecified atom stereocenters. The Kier molecular flexibility index (Phi) is 1.94. The van der Waals surface area contributed by atoms with E-state index >= 15 is 0 Å². The number of hydrogen-bond acceptors (Lipinski definition) is 2. The maximum absolute atomic E-state index is 10.4. The maximum atomic E-state index is 10.4. The summed E-state index contributed by atoms with van der Waals surface area (Å²) in [5, 5.41) is 8.56. The van der Waals surface area contributed by atoms with Gasteiger partial charge in [-0.2, -0.15) is 0 Å². The number of likely N-dealkylation sites (tertiary alicyclic amines) is 1. The van der Waals surface area contributed by atoms with Crippen LogP contribution >= 0.6 is 0 Å². The molecule has 1 aliphatic rings. The quantitative estimate of drug-likeness (QED) is 0.608. The maximum Gasteiger partial charge on any atom is 0.320 e. The minimum Gasteiger partial charge on any atom is -0.480 e. The van der Waals surface area contributed by atoms with Crippen molar-refractivity contribution in [1.29, 1.82) is 0 Å². The highest BCUT2D eigenvalue weighted by Crippen LogP contribution is 2.17. The topological polar surface area (TPSA) is 40.5 Å². The van der Waals surface area contributed by atoms with Crippen LogP contribution in [0.25, 0.3) is 0 Å². The van der Waals surface area contributed by atoms with Gasteiger partial charge in [0.1, 0.15) is 6.04 Å². The third kappa shape index (κ3) is 1.29. The first-order valence-corrected chi connectivity index (χ1v) is 3.58. The molecule has 0 amide bonds. The van der Waals surface area contributed by atoms with Crippen LogP contribution in [0.1, 0.15) is 13.8 Å². The molecule has 3 heteroatoms. The van der Waals surface area contributed by atoms with Gasteiger partial charge in [-0.05, 0) is 12.8 Å². The van der Waals surface area contributed by atoms with Gasteiger partial charge < -0.3 is 5.11 Å². The fourth-order valence-electron chi connectivity index (χ4n) is 1.22. The van der Waals surface area contributed by atoms with E-state index in [1.54, 1.807) is 6.92 Å². The Morgan fingerprint density at radius 3 is 2.50 bits per heavy atom. The van der Waals surface area contributed by atoms with E-state index in [1.165, 1.54) is 0 Å². The first-order chi connectivity index (χ1) is 4.61. The number of nitrogens with zero attached hydrogens (tertiary/aromatic N) is 1. The molecule has 1 saturated heterocycles. The first kappa shape index (κ1) is 7.54. The van der Waals surface area contributed by atoms with E-state index in [9.17, 15) is 4.79 Å². The van der Waals surface area contributed by atoms with Gasteiger partial charge in [0.15, 0.2) is 0 Å². The van der Waals surface area contributed by atoms with Gasteiger partial charge in [0, 0.05) is 13.1 Å². The van der Waals surface area contributed by atoms with E-state index in [0.29, 0.717) is 5.92 Å². The molecular formula is C7H13NO2. The smallest absolute Gasteiger partial charge is 0.320 e. The zero-order valence-electron chi connectivity index (χ0n) is 6.37. The van der Waals surface area contributed by atoms with E-state index in [4.69, 9.17) is 5.11 Å². The van der Waals surface area contributed by atoms with Gasteiger partial charge in [-0.15, -0.1) is 0 Å². The lowest BCUT2D eigenvalue weighted by Crippen LogP contribution is -2.52. The van der Waals surface area contributed by atoms with Gasteiger partial charge >= 0.3 is 5.97 Å². The molecule has 0 aromatic rings. The second kappa shape index (κ2) is 2.58. The fraction of sp³-hybridized carbons (Fsp3) is 0.857. The zero-order valence-corrected chi connectivity index (χ0v) is 6.37. The Hall–Kier alpha value is -0.570. The van der Waals surface area contributed by atoms with Crippen LogP contribution in [0.2, 0.25) is 0 Å². The molecule has 1 rings (SSSR count). The number of carbonyl (C=O) groups is 1. The number of carboxylic acid groups (broad SMARTS) is 1. The second-order valence-corrected chi connectivity index (χ2v) is 3.07. The van der Waals surface area contributed by atoms with Crippen LogP contribution in [-0.2, 0) is 4.79 Å². The van der Waals surface area contributed by atoms with Gasteiger partial charge in [-0.3, -0.25) is 9.69 Å². The molecule has 1 heterocycles. The van der Waals surface area contributed by atoms with Gasteiger partial charge in [-0.1, -0.05) is 6.92 Å². The van der Waals surface area contributed by atoms with E-state index in [0.717, 1.165) is 13.1 Å². The summed E-state index contributed by atoms with van der Waals surface area (Å²) in [7, 11) is 0. The summed E-state index contributed by atoms with van der Waals surface area (Å²) in [5.74, 6) is -0.0336. The summed E-state index contributed by atoms with van der Waals surface area (Å²) in [4.78, 5) is 12.4. The summed E-state index contributed by atoms with van der Waals surface area (Å²) < 4.78 is 0. The predicted molar refractivity (Wildman–Crippen MR) is 37.8 cm³/mol. The van der Waals surface area contributed by atoms with Crippen molar-refractivity contribution in [2.24, 2.45) is 5.92 Å². The van der Waals surface area contributed by atoms with Crippen molar-refractivity contribution in [3.8, 4) is 0 Å². The molecule has 0 aromatic heterocycles. The normalized spacial score (nSPS) is 23.8. The lowest BCUT2D eigenvalue weighted by atomic mass is 10.0. The number of hydrogen-bond donors (Lipinski definition) is 1. The molecule has 1 aliphatic heterocycles. The molecule has 58 valence electrons. The Bertz CT molecular complexity index is 141. The molecule has 0 radical (unpaired) electrons. The van der Waals surface area contributed by atoms with Crippen molar-refractivity contribution in [1.82, 2.24) is 4.90 Å². The van der Waals surface area contributed by atoms with Crippen molar-refractivity contribution in [2.75, 3.05) is 13.1 Å². The van der Waals surface area contributed by atoms with Crippen LogP contribution < -0.4 is 0 Å². The Morgan fingerprint density at radius 2 is 2.20 bits per heavy atom. The molecule has 0 bridgehead atoms.